The van der Waals surface area contributed by atoms with E-state index in [1.807, 2.05) is 55.6 Å². The highest BCUT2D eigenvalue weighted by atomic mass is 32.1. The summed E-state index contributed by atoms with van der Waals surface area (Å²) >= 11 is 1.63. The van der Waals surface area contributed by atoms with E-state index in [-0.39, 0.29) is 11.9 Å². The van der Waals surface area contributed by atoms with Gasteiger partial charge in [0.2, 0.25) is 0 Å². The number of nitrogens with zero attached hydrogens (tertiary/aromatic N) is 2. The van der Waals surface area contributed by atoms with E-state index in [4.69, 9.17) is 0 Å². The van der Waals surface area contributed by atoms with Crippen molar-refractivity contribution in [3.8, 4) is 0 Å². The minimum absolute atomic E-state index is 0.200. The molecule has 2 amide bonds. The molecular formula is C16H22N4OS. The van der Waals surface area contributed by atoms with Crippen molar-refractivity contribution < 1.29 is 4.79 Å². The predicted octanol–water partition coefficient (Wildman–Crippen LogP) is 3.44. The van der Waals surface area contributed by atoms with Crippen LogP contribution in [0.25, 0.3) is 0 Å². The number of anilines is 2. The van der Waals surface area contributed by atoms with Crippen LogP contribution in [0.1, 0.15) is 23.5 Å². The monoisotopic (exact) mass is 318 g/mol. The Bertz CT molecular complexity index is 639. The lowest BCUT2D eigenvalue weighted by Crippen LogP contribution is -2.32. The first-order valence-corrected chi connectivity index (χ1v) is 8.08. The maximum absolute atomic E-state index is 12.1. The molecule has 5 nitrogen and oxygen atoms in total. The van der Waals surface area contributed by atoms with Gasteiger partial charge in [0.15, 0.2) is 0 Å². The molecule has 2 N–H and O–H groups in total. The number of nitrogens with one attached hydrogen (secondary N) is 2. The second kappa shape index (κ2) is 7.26. The molecule has 6 heteroatoms. The third-order valence-electron chi connectivity index (χ3n) is 3.26. The number of para-hydroxylation sites is 2. The average molecular weight is 318 g/mol. The molecule has 0 aliphatic rings. The largest absolute Gasteiger partial charge is 0.376 e. The smallest absolute Gasteiger partial charge is 0.319 e. The van der Waals surface area contributed by atoms with Gasteiger partial charge in [-0.1, -0.05) is 19.1 Å². The van der Waals surface area contributed by atoms with Crippen LogP contribution in [0.15, 0.2) is 29.6 Å². The van der Waals surface area contributed by atoms with Crippen molar-refractivity contribution in [2.45, 2.75) is 19.8 Å². The molecule has 2 rings (SSSR count). The normalized spacial score (nSPS) is 11.8. The molecule has 0 radical (unpaired) electrons. The second-order valence-electron chi connectivity index (χ2n) is 5.47. The van der Waals surface area contributed by atoms with Crippen LogP contribution in [0.3, 0.4) is 0 Å². The van der Waals surface area contributed by atoms with Gasteiger partial charge in [-0.2, -0.15) is 0 Å². The standard InChI is InChI=1S/C16H22N4OS/c1-11(15-18-12(2)10-22-15)9-17-16(21)19-13-7-5-6-8-14(13)20(3)4/h5-8,10-11H,9H2,1-4H3,(H2,17,19,21)/t11-/m0/s1. The highest BCUT2D eigenvalue weighted by molar-refractivity contribution is 7.09. The summed E-state index contributed by atoms with van der Waals surface area (Å²) in [5.74, 6) is 0.202. The number of urea groups is 1. The SMILES string of the molecule is Cc1csc([C@@H](C)CNC(=O)Nc2ccccc2N(C)C)n1. The Hall–Kier alpha value is -2.08. The lowest BCUT2D eigenvalue weighted by molar-refractivity contribution is 0.251. The summed E-state index contributed by atoms with van der Waals surface area (Å²) in [6.07, 6.45) is 0. The molecule has 0 aliphatic carbocycles. The van der Waals surface area contributed by atoms with Gasteiger partial charge < -0.3 is 15.5 Å². The van der Waals surface area contributed by atoms with Crippen molar-refractivity contribution in [2.24, 2.45) is 0 Å². The molecule has 0 fully saturated rings. The number of hydrogen-bond donors (Lipinski definition) is 2. The summed E-state index contributed by atoms with van der Waals surface area (Å²) in [5, 5.41) is 8.87. The van der Waals surface area contributed by atoms with Crippen molar-refractivity contribution in [2.75, 3.05) is 30.9 Å². The van der Waals surface area contributed by atoms with Crippen molar-refractivity contribution >= 4 is 28.7 Å². The first-order chi connectivity index (χ1) is 10.5. The fourth-order valence-corrected chi connectivity index (χ4v) is 2.92. The molecule has 22 heavy (non-hydrogen) atoms. The number of carbonyl (C=O) groups is 1. The van der Waals surface area contributed by atoms with Crippen LogP contribution in [0.4, 0.5) is 16.2 Å². The number of aromatic nitrogens is 1. The Balaban J connectivity index is 1.91. The van der Waals surface area contributed by atoms with Crippen LogP contribution >= 0.6 is 11.3 Å². The number of benzene rings is 1. The van der Waals surface area contributed by atoms with Gasteiger partial charge in [0.25, 0.3) is 0 Å². The molecule has 0 saturated heterocycles. The number of thiazole rings is 1. The first kappa shape index (κ1) is 16.3. The molecule has 0 aliphatic heterocycles. The van der Waals surface area contributed by atoms with E-state index < -0.39 is 0 Å². The number of aryl methyl sites for hydroxylation is 1. The Morgan fingerprint density at radius 3 is 2.73 bits per heavy atom. The van der Waals surface area contributed by atoms with Crippen molar-refractivity contribution in [3.05, 3.63) is 40.3 Å². The fourth-order valence-electron chi connectivity index (χ4n) is 2.07. The lowest BCUT2D eigenvalue weighted by Gasteiger charge is -2.18. The molecule has 118 valence electrons. The Morgan fingerprint density at radius 1 is 1.36 bits per heavy atom. The number of hydrogen-bond acceptors (Lipinski definition) is 4. The number of carbonyl (C=O) groups excluding carboxylic acids is 1. The van der Waals surface area contributed by atoms with Gasteiger partial charge in [0.1, 0.15) is 0 Å². The van der Waals surface area contributed by atoms with E-state index in [0.29, 0.717) is 6.54 Å². The predicted molar refractivity (Wildman–Crippen MR) is 93.1 cm³/mol. The molecule has 1 atom stereocenters. The maximum atomic E-state index is 12.1. The molecule has 1 aromatic heterocycles. The molecule has 1 heterocycles. The minimum atomic E-state index is -0.200. The Morgan fingerprint density at radius 2 is 2.09 bits per heavy atom. The third kappa shape index (κ3) is 4.21. The van der Waals surface area contributed by atoms with Gasteiger partial charge in [-0.05, 0) is 19.1 Å². The summed E-state index contributed by atoms with van der Waals surface area (Å²) in [7, 11) is 3.90. The quantitative estimate of drug-likeness (QED) is 0.888. The molecule has 0 saturated carbocycles. The maximum Gasteiger partial charge on any atom is 0.319 e. The summed E-state index contributed by atoms with van der Waals surface area (Å²) in [6, 6.07) is 7.52. The van der Waals surface area contributed by atoms with Gasteiger partial charge in [-0.15, -0.1) is 11.3 Å². The van der Waals surface area contributed by atoms with Gasteiger partial charge >= 0.3 is 6.03 Å². The van der Waals surface area contributed by atoms with Crippen LogP contribution in [0.5, 0.6) is 0 Å². The second-order valence-corrected chi connectivity index (χ2v) is 6.36. The molecule has 0 spiro atoms. The van der Waals surface area contributed by atoms with E-state index in [9.17, 15) is 4.79 Å². The van der Waals surface area contributed by atoms with Crippen LogP contribution < -0.4 is 15.5 Å². The lowest BCUT2D eigenvalue weighted by atomic mass is 10.2. The summed E-state index contributed by atoms with van der Waals surface area (Å²) in [6.45, 7) is 4.60. The van der Waals surface area contributed by atoms with E-state index in [1.165, 1.54) is 0 Å². The molecule has 0 bridgehead atoms. The Labute approximate surface area is 135 Å². The summed E-state index contributed by atoms with van der Waals surface area (Å²) < 4.78 is 0. The molecule has 1 aromatic carbocycles. The molecular weight excluding hydrogens is 296 g/mol. The van der Waals surface area contributed by atoms with E-state index in [0.717, 1.165) is 22.1 Å². The molecule has 2 aromatic rings. The highest BCUT2D eigenvalue weighted by Gasteiger charge is 2.12. The third-order valence-corrected chi connectivity index (χ3v) is 4.46. The Kier molecular flexibility index (Phi) is 5.38. The van der Waals surface area contributed by atoms with Gasteiger partial charge in [0, 0.05) is 37.6 Å². The summed E-state index contributed by atoms with van der Waals surface area (Å²) in [5.41, 5.74) is 2.79. The zero-order chi connectivity index (χ0) is 16.1. The van der Waals surface area contributed by atoms with Crippen molar-refractivity contribution in [1.82, 2.24) is 10.3 Å². The van der Waals surface area contributed by atoms with E-state index in [1.54, 1.807) is 11.3 Å². The van der Waals surface area contributed by atoms with Gasteiger partial charge in [-0.25, -0.2) is 9.78 Å². The van der Waals surface area contributed by atoms with Gasteiger partial charge in [0.05, 0.1) is 16.4 Å². The number of amides is 2. The van der Waals surface area contributed by atoms with Crippen LogP contribution in [0.2, 0.25) is 0 Å². The zero-order valence-electron chi connectivity index (χ0n) is 13.4. The van der Waals surface area contributed by atoms with E-state index in [2.05, 4.69) is 22.5 Å². The first-order valence-electron chi connectivity index (χ1n) is 7.20. The van der Waals surface area contributed by atoms with Crippen molar-refractivity contribution in [3.63, 3.8) is 0 Å². The van der Waals surface area contributed by atoms with Crippen LogP contribution in [-0.2, 0) is 0 Å². The van der Waals surface area contributed by atoms with Crippen molar-refractivity contribution in [1.29, 1.82) is 0 Å². The summed E-state index contributed by atoms with van der Waals surface area (Å²) in [4.78, 5) is 18.5. The fraction of sp³-hybridized carbons (Fsp3) is 0.375. The minimum Gasteiger partial charge on any atom is -0.376 e. The van der Waals surface area contributed by atoms with Crippen LogP contribution in [0, 0.1) is 6.92 Å². The van der Waals surface area contributed by atoms with Gasteiger partial charge in [-0.3, -0.25) is 0 Å². The average Bonchev–Trinajstić information content (AvgIpc) is 2.92. The van der Waals surface area contributed by atoms with E-state index >= 15 is 0 Å². The highest BCUT2D eigenvalue weighted by Crippen LogP contribution is 2.23. The molecule has 0 unspecified atom stereocenters. The zero-order valence-corrected chi connectivity index (χ0v) is 14.2. The topological polar surface area (TPSA) is 57.3 Å². The van der Waals surface area contributed by atoms with Crippen LogP contribution in [-0.4, -0.2) is 31.7 Å². The number of rotatable bonds is 5.